The average Bonchev–Trinajstić information content (AvgIpc) is 3.41. The zero-order valence-electron chi connectivity index (χ0n) is 45.7. The Morgan fingerprint density at radius 3 is 1.47 bits per heavy atom. The van der Waals surface area contributed by atoms with Crippen LogP contribution in [0.2, 0.25) is 0 Å². The van der Waals surface area contributed by atoms with Crippen LogP contribution in [-0.4, -0.2) is 140 Å². The Kier molecular flexibility index (Phi) is 41.2. The lowest BCUT2D eigenvalue weighted by Crippen LogP contribution is -2.65. The molecule has 2 rings (SSSR count). The number of hydrogen-bond donors (Lipinski definition) is 9. The van der Waals surface area contributed by atoms with E-state index in [4.69, 9.17) is 18.9 Å². The van der Waals surface area contributed by atoms with Crippen molar-refractivity contribution < 1.29 is 64.6 Å². The van der Waals surface area contributed by atoms with Gasteiger partial charge in [-0.2, -0.15) is 0 Å². The standard InChI is InChI=1S/C61H101NO13/c1-3-5-7-9-11-13-15-17-19-21-23-25-27-29-31-33-35-37-39-41-43-45-53(66)62-49(50(65)44-42-40-38-36-34-32-30-28-26-24-22-20-18-16-14-12-10-8-6-4-2)48-72-60-58(71)56(69)59(52(47-64)74-60)75-61-57(70)55(68)54(67)51(46-63)73-61/h5,7,11,13,17,19,23,25-26,28-29,31,34-37,42,44,49-52,54-61,63-65,67-71H,3-4,6,8-10,12,14-16,18,20-22,24,27,30,32-33,38-41,43,45-48H2,1-2H3,(H,62,66)/b7-5-,13-11-,19-17-,25-23-,28-26+,31-29-,36-34+,37-35-,44-42+. The van der Waals surface area contributed by atoms with E-state index in [0.29, 0.717) is 12.8 Å². The molecule has 2 aliphatic heterocycles. The second-order valence-corrected chi connectivity index (χ2v) is 19.7. The minimum atomic E-state index is -1.80. The van der Waals surface area contributed by atoms with Gasteiger partial charge in [-0.1, -0.05) is 181 Å². The number of hydrogen-bond acceptors (Lipinski definition) is 13. The molecule has 2 aliphatic rings. The largest absolute Gasteiger partial charge is 0.394 e. The molecule has 2 fully saturated rings. The molecule has 12 atom stereocenters. The van der Waals surface area contributed by atoms with Gasteiger partial charge in [0.25, 0.3) is 0 Å². The minimum Gasteiger partial charge on any atom is -0.394 e. The molecular weight excluding hydrogens is 955 g/mol. The maximum absolute atomic E-state index is 13.2. The van der Waals surface area contributed by atoms with E-state index in [-0.39, 0.29) is 18.9 Å². The van der Waals surface area contributed by atoms with Crippen LogP contribution in [0.25, 0.3) is 0 Å². The normalized spacial score (nSPS) is 25.9. The first kappa shape index (κ1) is 67.8. The van der Waals surface area contributed by atoms with Gasteiger partial charge in [0.05, 0.1) is 32.0 Å². The van der Waals surface area contributed by atoms with Gasteiger partial charge in [0, 0.05) is 6.42 Å². The third-order valence-corrected chi connectivity index (χ3v) is 13.2. The number of allylic oxidation sites excluding steroid dienone is 17. The first-order valence-corrected chi connectivity index (χ1v) is 28.6. The predicted molar refractivity (Wildman–Crippen MR) is 299 cm³/mol. The summed E-state index contributed by atoms with van der Waals surface area (Å²) in [4.78, 5) is 13.2. The average molecular weight is 1060 g/mol. The van der Waals surface area contributed by atoms with Crippen LogP contribution in [0.15, 0.2) is 109 Å². The number of amides is 1. The summed E-state index contributed by atoms with van der Waals surface area (Å²) in [5, 5.41) is 87.0. The summed E-state index contributed by atoms with van der Waals surface area (Å²) in [5.74, 6) is -0.300. The third-order valence-electron chi connectivity index (χ3n) is 13.2. The predicted octanol–water partition coefficient (Wildman–Crippen LogP) is 9.27. The van der Waals surface area contributed by atoms with Gasteiger partial charge in [0.15, 0.2) is 12.6 Å². The Hall–Kier alpha value is -3.35. The Bertz CT molecular complexity index is 1670. The van der Waals surface area contributed by atoms with Crippen molar-refractivity contribution in [2.45, 2.75) is 248 Å². The van der Waals surface area contributed by atoms with Gasteiger partial charge in [0.2, 0.25) is 5.91 Å². The number of rotatable bonds is 43. The maximum Gasteiger partial charge on any atom is 0.220 e. The number of unbranched alkanes of at least 4 members (excludes halogenated alkanes) is 14. The first-order chi connectivity index (χ1) is 36.6. The lowest BCUT2D eigenvalue weighted by atomic mass is 9.97. The van der Waals surface area contributed by atoms with Crippen LogP contribution in [0, 0.1) is 0 Å². The molecule has 14 nitrogen and oxygen atoms in total. The fraction of sp³-hybridized carbons (Fsp3) is 0.689. The summed E-state index contributed by atoms with van der Waals surface area (Å²) >= 11 is 0. The number of aliphatic hydroxyl groups excluding tert-OH is 8. The van der Waals surface area contributed by atoms with Crippen molar-refractivity contribution in [2.24, 2.45) is 0 Å². The van der Waals surface area contributed by atoms with E-state index in [2.05, 4.69) is 116 Å². The molecule has 75 heavy (non-hydrogen) atoms. The zero-order valence-corrected chi connectivity index (χ0v) is 45.7. The topological polar surface area (TPSA) is 228 Å². The molecule has 0 radical (unpaired) electrons. The summed E-state index contributed by atoms with van der Waals surface area (Å²) in [6.07, 6.45) is 46.9. The van der Waals surface area contributed by atoms with Crippen LogP contribution in [0.3, 0.4) is 0 Å². The first-order valence-electron chi connectivity index (χ1n) is 28.6. The Morgan fingerprint density at radius 2 is 0.933 bits per heavy atom. The van der Waals surface area contributed by atoms with E-state index in [1.54, 1.807) is 6.08 Å². The van der Waals surface area contributed by atoms with Gasteiger partial charge in [-0.3, -0.25) is 4.79 Å². The Balaban J connectivity index is 1.85. The molecule has 2 saturated heterocycles. The zero-order chi connectivity index (χ0) is 54.6. The van der Waals surface area contributed by atoms with E-state index < -0.39 is 86.8 Å². The van der Waals surface area contributed by atoms with Crippen LogP contribution >= 0.6 is 0 Å². The second-order valence-electron chi connectivity index (χ2n) is 19.7. The molecule has 0 aromatic heterocycles. The summed E-state index contributed by atoms with van der Waals surface area (Å²) < 4.78 is 22.7. The van der Waals surface area contributed by atoms with Crippen LogP contribution in [0.4, 0.5) is 0 Å². The van der Waals surface area contributed by atoms with Crippen LogP contribution < -0.4 is 5.32 Å². The molecule has 9 N–H and O–H groups in total. The smallest absolute Gasteiger partial charge is 0.220 e. The fourth-order valence-electron chi connectivity index (χ4n) is 8.56. The molecule has 428 valence electrons. The molecule has 0 saturated carbocycles. The molecule has 1 amide bonds. The van der Waals surface area contributed by atoms with Crippen LogP contribution in [-0.2, 0) is 23.7 Å². The van der Waals surface area contributed by atoms with Crippen LogP contribution in [0.5, 0.6) is 0 Å². The minimum absolute atomic E-state index is 0.208. The highest BCUT2D eigenvalue weighted by Gasteiger charge is 2.51. The van der Waals surface area contributed by atoms with Crippen molar-refractivity contribution in [1.82, 2.24) is 5.32 Å². The van der Waals surface area contributed by atoms with Gasteiger partial charge >= 0.3 is 0 Å². The van der Waals surface area contributed by atoms with Gasteiger partial charge in [-0.15, -0.1) is 0 Å². The highest BCUT2D eigenvalue weighted by Crippen LogP contribution is 2.30. The van der Waals surface area contributed by atoms with Gasteiger partial charge in [-0.25, -0.2) is 0 Å². The molecule has 0 spiro atoms. The number of carbonyl (C=O) groups is 1. The van der Waals surface area contributed by atoms with Crippen molar-refractivity contribution in [3.8, 4) is 0 Å². The molecule has 14 heteroatoms. The number of ether oxygens (including phenoxy) is 4. The monoisotopic (exact) mass is 1060 g/mol. The van der Waals surface area contributed by atoms with Crippen LogP contribution in [0.1, 0.15) is 174 Å². The van der Waals surface area contributed by atoms with Gasteiger partial charge in [0.1, 0.15) is 48.8 Å². The van der Waals surface area contributed by atoms with Crippen molar-refractivity contribution in [3.05, 3.63) is 109 Å². The molecule has 0 bridgehead atoms. The van der Waals surface area contributed by atoms with Crippen molar-refractivity contribution in [1.29, 1.82) is 0 Å². The third kappa shape index (κ3) is 31.6. The molecule has 12 unspecified atom stereocenters. The lowest BCUT2D eigenvalue weighted by molar-refractivity contribution is -0.359. The van der Waals surface area contributed by atoms with E-state index in [9.17, 15) is 45.6 Å². The molecule has 0 aliphatic carbocycles. The van der Waals surface area contributed by atoms with E-state index in [0.717, 1.165) is 77.0 Å². The SMILES string of the molecule is CC/C=C\C/C=C\C/C=C\C/C=C\C/C=C\C/C=C\CCCCC(=O)NC(COC1OC(CO)C(OC2OC(CO)C(O)C(O)C2O)C(O)C1O)C(O)/C=C/CC/C=C/CC/C=C/CCCCCCCCCCCC. The lowest BCUT2D eigenvalue weighted by Gasteiger charge is -2.46. The Morgan fingerprint density at radius 1 is 0.493 bits per heavy atom. The van der Waals surface area contributed by atoms with Gasteiger partial charge < -0.3 is 65.1 Å². The molecule has 0 aromatic carbocycles. The second kappa shape index (κ2) is 45.6. The highest BCUT2D eigenvalue weighted by atomic mass is 16.7. The molecule has 2 heterocycles. The van der Waals surface area contributed by atoms with Crippen molar-refractivity contribution in [3.63, 3.8) is 0 Å². The summed E-state index contributed by atoms with van der Waals surface area (Å²) in [6.45, 7) is 2.61. The van der Waals surface area contributed by atoms with Crippen molar-refractivity contribution >= 4 is 5.91 Å². The van der Waals surface area contributed by atoms with Crippen molar-refractivity contribution in [2.75, 3.05) is 19.8 Å². The van der Waals surface area contributed by atoms with E-state index in [1.807, 2.05) is 6.08 Å². The quantitative estimate of drug-likeness (QED) is 0.0205. The summed E-state index contributed by atoms with van der Waals surface area (Å²) in [7, 11) is 0. The molecule has 0 aromatic rings. The maximum atomic E-state index is 13.2. The number of nitrogens with one attached hydrogen (secondary N) is 1. The highest BCUT2D eigenvalue weighted by molar-refractivity contribution is 5.76. The summed E-state index contributed by atoms with van der Waals surface area (Å²) in [5.41, 5.74) is 0. The number of carbonyl (C=O) groups excluding carboxylic acids is 1. The summed E-state index contributed by atoms with van der Waals surface area (Å²) in [6, 6.07) is -0.969. The fourth-order valence-corrected chi connectivity index (χ4v) is 8.56. The van der Waals surface area contributed by atoms with Gasteiger partial charge in [-0.05, 0) is 96.3 Å². The molecular formula is C61H101NO13. The van der Waals surface area contributed by atoms with E-state index in [1.165, 1.54) is 64.2 Å². The number of aliphatic hydroxyl groups is 8. The van der Waals surface area contributed by atoms with E-state index >= 15 is 0 Å². The Labute approximate surface area is 451 Å².